The SMILES string of the molecule is COc1cccc(N2CCC(CNc3ccc4nnc(C5CC5)n4n3)C2)c1. The van der Waals surface area contributed by atoms with Gasteiger partial charge in [-0.15, -0.1) is 15.3 Å². The van der Waals surface area contributed by atoms with Crippen LogP contribution in [0.1, 0.15) is 31.0 Å². The van der Waals surface area contributed by atoms with Gasteiger partial charge in [0.25, 0.3) is 0 Å². The van der Waals surface area contributed by atoms with E-state index in [0.29, 0.717) is 11.8 Å². The van der Waals surface area contributed by atoms with Crippen molar-refractivity contribution in [3.63, 3.8) is 0 Å². The maximum absolute atomic E-state index is 5.35. The van der Waals surface area contributed by atoms with Crippen molar-refractivity contribution in [1.82, 2.24) is 19.8 Å². The minimum Gasteiger partial charge on any atom is -0.497 e. The van der Waals surface area contributed by atoms with Crippen LogP contribution in [0.2, 0.25) is 0 Å². The Kier molecular flexibility index (Phi) is 4.07. The molecule has 27 heavy (non-hydrogen) atoms. The Balaban J connectivity index is 1.23. The predicted molar refractivity (Wildman–Crippen MR) is 105 cm³/mol. The summed E-state index contributed by atoms with van der Waals surface area (Å²) in [6.07, 6.45) is 3.57. The van der Waals surface area contributed by atoms with E-state index in [-0.39, 0.29) is 0 Å². The molecule has 5 rings (SSSR count). The minimum absolute atomic E-state index is 0.536. The molecule has 1 aromatic carbocycles. The van der Waals surface area contributed by atoms with E-state index in [4.69, 9.17) is 9.84 Å². The van der Waals surface area contributed by atoms with E-state index >= 15 is 0 Å². The number of rotatable bonds is 6. The van der Waals surface area contributed by atoms with Crippen LogP contribution in [0.15, 0.2) is 36.4 Å². The largest absolute Gasteiger partial charge is 0.497 e. The molecule has 0 spiro atoms. The molecule has 0 radical (unpaired) electrons. The first-order valence-electron chi connectivity index (χ1n) is 9.65. The average Bonchev–Trinajstić information content (AvgIpc) is 3.29. The standard InChI is InChI=1S/C20H24N6O/c1-27-17-4-2-3-16(11-17)25-10-9-14(13-25)12-21-18-7-8-19-22-23-20(15-5-6-15)26(19)24-18/h2-4,7-8,11,14-15H,5-6,9-10,12-13H2,1H3,(H,21,24). The molecular weight excluding hydrogens is 340 g/mol. The van der Waals surface area contributed by atoms with Gasteiger partial charge in [-0.05, 0) is 49.4 Å². The van der Waals surface area contributed by atoms with Crippen LogP contribution in [0, 0.1) is 5.92 Å². The van der Waals surface area contributed by atoms with Crippen molar-refractivity contribution in [1.29, 1.82) is 0 Å². The number of benzene rings is 1. The van der Waals surface area contributed by atoms with Crippen molar-refractivity contribution < 1.29 is 4.74 Å². The van der Waals surface area contributed by atoms with Crippen LogP contribution in [0.4, 0.5) is 11.5 Å². The Morgan fingerprint density at radius 2 is 2.07 bits per heavy atom. The van der Waals surface area contributed by atoms with E-state index in [2.05, 4.69) is 38.6 Å². The highest BCUT2D eigenvalue weighted by atomic mass is 16.5. The topological polar surface area (TPSA) is 67.6 Å². The molecule has 0 amide bonds. The monoisotopic (exact) mass is 364 g/mol. The Morgan fingerprint density at radius 1 is 1.15 bits per heavy atom. The maximum Gasteiger partial charge on any atom is 0.178 e. The van der Waals surface area contributed by atoms with Crippen molar-refractivity contribution >= 4 is 17.2 Å². The summed E-state index contributed by atoms with van der Waals surface area (Å²) >= 11 is 0. The Labute approximate surface area is 158 Å². The fraction of sp³-hybridized carbons (Fsp3) is 0.450. The van der Waals surface area contributed by atoms with Crippen LogP contribution in [0.5, 0.6) is 5.75 Å². The normalized spacial score (nSPS) is 19.6. The second-order valence-electron chi connectivity index (χ2n) is 7.50. The molecule has 1 atom stereocenters. The lowest BCUT2D eigenvalue weighted by molar-refractivity contribution is 0.415. The summed E-state index contributed by atoms with van der Waals surface area (Å²) in [4.78, 5) is 2.43. The van der Waals surface area contributed by atoms with Gasteiger partial charge >= 0.3 is 0 Å². The van der Waals surface area contributed by atoms with Crippen LogP contribution in [0.3, 0.4) is 0 Å². The first-order chi connectivity index (χ1) is 13.3. The molecule has 1 aliphatic carbocycles. The zero-order valence-corrected chi connectivity index (χ0v) is 15.5. The second kappa shape index (κ2) is 6.72. The van der Waals surface area contributed by atoms with Gasteiger partial charge < -0.3 is 15.0 Å². The number of methoxy groups -OCH3 is 1. The summed E-state index contributed by atoms with van der Waals surface area (Å²) < 4.78 is 7.25. The van der Waals surface area contributed by atoms with Gasteiger partial charge in [-0.3, -0.25) is 0 Å². The highest BCUT2D eigenvalue weighted by molar-refractivity contribution is 5.51. The van der Waals surface area contributed by atoms with E-state index in [9.17, 15) is 0 Å². The number of ether oxygens (including phenoxy) is 1. The lowest BCUT2D eigenvalue weighted by atomic mass is 10.1. The summed E-state index contributed by atoms with van der Waals surface area (Å²) in [7, 11) is 1.71. The molecule has 7 nitrogen and oxygen atoms in total. The second-order valence-corrected chi connectivity index (χ2v) is 7.50. The quantitative estimate of drug-likeness (QED) is 0.725. The molecule has 1 N–H and O–H groups in total. The number of anilines is 2. The first-order valence-corrected chi connectivity index (χ1v) is 9.65. The summed E-state index contributed by atoms with van der Waals surface area (Å²) in [5, 5.41) is 16.7. The molecule has 0 bridgehead atoms. The van der Waals surface area contributed by atoms with Crippen molar-refractivity contribution in [2.24, 2.45) is 5.92 Å². The third-order valence-corrected chi connectivity index (χ3v) is 5.51. The van der Waals surface area contributed by atoms with E-state index < -0.39 is 0 Å². The van der Waals surface area contributed by atoms with Crippen molar-refractivity contribution in [2.75, 3.05) is 37.0 Å². The Bertz CT molecular complexity index is 951. The highest BCUT2D eigenvalue weighted by Gasteiger charge is 2.29. The minimum atomic E-state index is 0.536. The molecule has 1 saturated heterocycles. The van der Waals surface area contributed by atoms with Crippen molar-refractivity contribution in [3.8, 4) is 5.75 Å². The molecule has 1 saturated carbocycles. The molecule has 2 aromatic heterocycles. The van der Waals surface area contributed by atoms with Crippen LogP contribution >= 0.6 is 0 Å². The molecular formula is C20H24N6O. The summed E-state index contributed by atoms with van der Waals surface area (Å²) in [5.74, 6) is 3.93. The lowest BCUT2D eigenvalue weighted by Gasteiger charge is -2.19. The molecule has 2 aliphatic rings. The fourth-order valence-corrected chi connectivity index (χ4v) is 3.79. The van der Waals surface area contributed by atoms with Gasteiger partial charge in [0.05, 0.1) is 7.11 Å². The molecule has 7 heteroatoms. The summed E-state index contributed by atoms with van der Waals surface area (Å²) in [6, 6.07) is 12.3. The average molecular weight is 364 g/mol. The molecule has 3 aromatic rings. The molecule has 1 unspecified atom stereocenters. The van der Waals surface area contributed by atoms with Gasteiger partial charge in [0.1, 0.15) is 11.6 Å². The molecule has 2 fully saturated rings. The lowest BCUT2D eigenvalue weighted by Crippen LogP contribution is -2.22. The van der Waals surface area contributed by atoms with Crippen LogP contribution in [-0.2, 0) is 0 Å². The van der Waals surface area contributed by atoms with Gasteiger partial charge in [-0.25, -0.2) is 0 Å². The zero-order chi connectivity index (χ0) is 18.2. The van der Waals surface area contributed by atoms with E-state index in [1.807, 2.05) is 22.7 Å². The number of hydrogen-bond donors (Lipinski definition) is 1. The molecule has 140 valence electrons. The Morgan fingerprint density at radius 3 is 2.93 bits per heavy atom. The number of aromatic nitrogens is 4. The fourth-order valence-electron chi connectivity index (χ4n) is 3.79. The van der Waals surface area contributed by atoms with Gasteiger partial charge in [0, 0.05) is 37.3 Å². The van der Waals surface area contributed by atoms with E-state index in [1.165, 1.54) is 24.9 Å². The maximum atomic E-state index is 5.35. The number of nitrogens with zero attached hydrogens (tertiary/aromatic N) is 5. The number of hydrogen-bond acceptors (Lipinski definition) is 6. The van der Waals surface area contributed by atoms with Crippen LogP contribution < -0.4 is 15.0 Å². The molecule has 3 heterocycles. The van der Waals surface area contributed by atoms with Gasteiger partial charge in [-0.1, -0.05) is 6.07 Å². The highest BCUT2D eigenvalue weighted by Crippen LogP contribution is 2.38. The van der Waals surface area contributed by atoms with E-state index in [1.54, 1.807) is 7.11 Å². The number of nitrogens with one attached hydrogen (secondary N) is 1. The number of fused-ring (bicyclic) bond motifs is 1. The zero-order valence-electron chi connectivity index (χ0n) is 15.5. The smallest absolute Gasteiger partial charge is 0.178 e. The van der Waals surface area contributed by atoms with Gasteiger partial charge in [0.15, 0.2) is 11.5 Å². The van der Waals surface area contributed by atoms with Gasteiger partial charge in [0.2, 0.25) is 0 Å². The third-order valence-electron chi connectivity index (χ3n) is 5.51. The van der Waals surface area contributed by atoms with Crippen molar-refractivity contribution in [3.05, 3.63) is 42.2 Å². The summed E-state index contributed by atoms with van der Waals surface area (Å²) in [5.41, 5.74) is 2.06. The first kappa shape index (κ1) is 16.4. The van der Waals surface area contributed by atoms with Crippen molar-refractivity contribution in [2.45, 2.75) is 25.2 Å². The van der Waals surface area contributed by atoms with Crippen LogP contribution in [-0.4, -0.2) is 46.6 Å². The van der Waals surface area contributed by atoms with Crippen LogP contribution in [0.25, 0.3) is 5.65 Å². The molecule has 1 aliphatic heterocycles. The Hall–Kier alpha value is -2.83. The summed E-state index contributed by atoms with van der Waals surface area (Å²) in [6.45, 7) is 3.03. The third kappa shape index (κ3) is 3.29. The van der Waals surface area contributed by atoms with Gasteiger partial charge in [-0.2, -0.15) is 4.52 Å². The van der Waals surface area contributed by atoms with E-state index in [0.717, 1.165) is 42.7 Å². The predicted octanol–water partition coefficient (Wildman–Crippen LogP) is 2.95.